The number of nitrogens with zero attached hydrogens (tertiary/aromatic N) is 3. The second-order valence-corrected chi connectivity index (χ2v) is 9.86. The fraction of sp³-hybridized carbons (Fsp3) is 0.318. The van der Waals surface area contributed by atoms with Gasteiger partial charge in [-0.1, -0.05) is 31.5 Å². The molecule has 0 amide bonds. The predicted molar refractivity (Wildman–Crippen MR) is 116 cm³/mol. The molecule has 5 rings (SSSR count). The van der Waals surface area contributed by atoms with Crippen LogP contribution in [0.5, 0.6) is 0 Å². The lowest BCUT2D eigenvalue weighted by Crippen LogP contribution is -2.37. The molecule has 7 heteroatoms. The summed E-state index contributed by atoms with van der Waals surface area (Å²) in [7, 11) is 0. The molecule has 0 aliphatic heterocycles. The Morgan fingerprint density at radius 1 is 1.14 bits per heavy atom. The van der Waals surface area contributed by atoms with Crippen LogP contribution in [-0.2, 0) is 5.41 Å². The summed E-state index contributed by atoms with van der Waals surface area (Å²) in [6.45, 7) is 4.42. The Bertz CT molecular complexity index is 1170. The number of fused-ring (bicyclic) bond motifs is 5. The summed E-state index contributed by atoms with van der Waals surface area (Å²) >= 11 is 8.06. The van der Waals surface area contributed by atoms with Crippen LogP contribution in [0.1, 0.15) is 49.6 Å². The van der Waals surface area contributed by atoms with Crippen molar-refractivity contribution in [2.75, 3.05) is 0 Å². The summed E-state index contributed by atoms with van der Waals surface area (Å²) in [5.41, 5.74) is 2.27. The minimum atomic E-state index is -0.634. The van der Waals surface area contributed by atoms with Crippen LogP contribution < -0.4 is 0 Å². The molecule has 2 bridgehead atoms. The van der Waals surface area contributed by atoms with Crippen molar-refractivity contribution in [3.05, 3.63) is 73.7 Å². The van der Waals surface area contributed by atoms with Crippen LogP contribution >= 0.6 is 34.2 Å². The first kappa shape index (κ1) is 19.3. The quantitative estimate of drug-likeness (QED) is 0.225. The van der Waals surface area contributed by atoms with E-state index in [2.05, 4.69) is 29.0 Å². The molecule has 2 atom stereocenters. The van der Waals surface area contributed by atoms with Gasteiger partial charge in [-0.2, -0.15) is 5.10 Å². The minimum Gasteiger partial charge on any atom is -0.240 e. The van der Waals surface area contributed by atoms with E-state index < -0.39 is 17.0 Å². The van der Waals surface area contributed by atoms with Crippen LogP contribution in [0.2, 0.25) is 5.15 Å². The van der Waals surface area contributed by atoms with Crippen LogP contribution in [-0.4, -0.2) is 15.2 Å². The fourth-order valence-electron chi connectivity index (χ4n) is 5.42. The summed E-state index contributed by atoms with van der Waals surface area (Å²) in [5, 5.41) is 9.24. The van der Waals surface area contributed by atoms with Gasteiger partial charge in [-0.3, -0.25) is 0 Å². The van der Waals surface area contributed by atoms with E-state index in [1.54, 1.807) is 6.07 Å². The highest BCUT2D eigenvalue weighted by molar-refractivity contribution is 14.1. The topological polar surface area (TPSA) is 38.7 Å². The molecule has 148 valence electrons. The third-order valence-corrected chi connectivity index (χ3v) is 7.88. The summed E-state index contributed by atoms with van der Waals surface area (Å²) in [6, 6.07) is 10.1. The molecule has 3 nitrogen and oxygen atoms in total. The van der Waals surface area contributed by atoms with E-state index in [0.717, 1.165) is 29.8 Å². The zero-order valence-corrected chi connectivity index (χ0v) is 18.7. The molecule has 1 aromatic carbocycles. The van der Waals surface area contributed by atoms with Crippen molar-refractivity contribution in [1.29, 1.82) is 0 Å². The molecule has 0 saturated heterocycles. The Labute approximate surface area is 186 Å². The molecule has 29 heavy (non-hydrogen) atoms. The molecule has 0 radical (unpaired) electrons. The van der Waals surface area contributed by atoms with Crippen LogP contribution in [0.15, 0.2) is 36.4 Å². The smallest absolute Gasteiger partial charge is 0.148 e. The number of pyridine rings is 1. The van der Waals surface area contributed by atoms with E-state index in [9.17, 15) is 8.78 Å². The maximum absolute atomic E-state index is 14.7. The molecule has 0 unspecified atom stereocenters. The molecule has 1 fully saturated rings. The Kier molecular flexibility index (Phi) is 4.27. The van der Waals surface area contributed by atoms with E-state index in [1.165, 1.54) is 12.1 Å². The van der Waals surface area contributed by atoms with Gasteiger partial charge in [0.25, 0.3) is 0 Å². The van der Waals surface area contributed by atoms with Crippen LogP contribution in [0.3, 0.4) is 0 Å². The molecule has 2 aromatic heterocycles. The maximum Gasteiger partial charge on any atom is 0.148 e. The van der Waals surface area contributed by atoms with Crippen LogP contribution in [0.4, 0.5) is 8.78 Å². The Hall–Kier alpha value is -1.67. The van der Waals surface area contributed by atoms with Gasteiger partial charge >= 0.3 is 0 Å². The Balaban J connectivity index is 1.74. The van der Waals surface area contributed by atoms with Gasteiger partial charge in [0.15, 0.2) is 0 Å². The van der Waals surface area contributed by atoms with Gasteiger partial charge in [0.2, 0.25) is 0 Å². The SMILES string of the molecule is CC1(C)[C@H]2CC[C@]1(c1cccc(Cl)n1)c1nnc(-c3c(F)ccc(I)c3F)cc12. The second kappa shape index (κ2) is 6.41. The predicted octanol–water partition coefficient (Wildman–Crippen LogP) is 6.28. The number of halogens is 4. The second-order valence-electron chi connectivity index (χ2n) is 8.32. The van der Waals surface area contributed by atoms with Crippen molar-refractivity contribution in [3.63, 3.8) is 0 Å². The van der Waals surface area contributed by atoms with Crippen molar-refractivity contribution in [3.8, 4) is 11.3 Å². The fourth-order valence-corrected chi connectivity index (χ4v) is 6.04. The molecule has 2 aliphatic rings. The van der Waals surface area contributed by atoms with E-state index in [-0.39, 0.29) is 22.6 Å². The molecule has 0 N–H and O–H groups in total. The average Bonchev–Trinajstić information content (AvgIpc) is 3.07. The summed E-state index contributed by atoms with van der Waals surface area (Å²) < 4.78 is 29.5. The molecule has 3 aromatic rings. The van der Waals surface area contributed by atoms with Gasteiger partial charge in [-0.15, -0.1) is 5.10 Å². The normalized spacial score (nSPS) is 24.0. The Morgan fingerprint density at radius 2 is 1.93 bits per heavy atom. The first-order valence-corrected chi connectivity index (χ1v) is 10.9. The van der Waals surface area contributed by atoms with Gasteiger partial charge in [0.05, 0.1) is 28.1 Å². The minimum absolute atomic E-state index is 0.122. The van der Waals surface area contributed by atoms with Crippen molar-refractivity contribution in [2.24, 2.45) is 5.41 Å². The molecule has 2 aliphatic carbocycles. The van der Waals surface area contributed by atoms with E-state index >= 15 is 0 Å². The van der Waals surface area contributed by atoms with E-state index in [0.29, 0.717) is 8.72 Å². The number of hydrogen-bond donors (Lipinski definition) is 0. The van der Waals surface area contributed by atoms with E-state index in [1.807, 2.05) is 40.8 Å². The number of rotatable bonds is 2. The standard InChI is InChI=1S/C22H17ClF2IN3/c1-21(2)12-8-9-22(21,16-4-3-5-17(23)27-16)20-11(12)10-15(28-29-20)18-13(24)6-7-14(26)19(18)25/h3-7,10,12H,8-9H2,1-2H3/t12-,22-/m0/s1. The highest BCUT2D eigenvalue weighted by Gasteiger charge is 2.65. The lowest BCUT2D eigenvalue weighted by molar-refractivity contribution is 0.243. The molecule has 0 spiro atoms. The van der Waals surface area contributed by atoms with Crippen molar-refractivity contribution < 1.29 is 8.78 Å². The zero-order valence-electron chi connectivity index (χ0n) is 15.8. The van der Waals surface area contributed by atoms with Crippen LogP contribution in [0, 0.1) is 20.6 Å². The Morgan fingerprint density at radius 3 is 2.69 bits per heavy atom. The molecular formula is C22H17ClF2IN3. The summed E-state index contributed by atoms with van der Waals surface area (Å²) in [6.07, 6.45) is 1.85. The summed E-state index contributed by atoms with van der Waals surface area (Å²) in [5.74, 6) is -1.03. The number of benzene rings is 1. The lowest BCUT2D eigenvalue weighted by atomic mass is 9.66. The van der Waals surface area contributed by atoms with Gasteiger partial charge in [0.1, 0.15) is 16.8 Å². The first-order chi connectivity index (χ1) is 13.8. The van der Waals surface area contributed by atoms with Crippen molar-refractivity contribution >= 4 is 34.2 Å². The zero-order chi connectivity index (χ0) is 20.6. The van der Waals surface area contributed by atoms with Crippen LogP contribution in [0.25, 0.3) is 11.3 Å². The van der Waals surface area contributed by atoms with Crippen molar-refractivity contribution in [1.82, 2.24) is 15.2 Å². The highest BCUT2D eigenvalue weighted by Crippen LogP contribution is 2.69. The third kappa shape index (κ3) is 2.48. The number of hydrogen-bond acceptors (Lipinski definition) is 3. The average molecular weight is 524 g/mol. The van der Waals surface area contributed by atoms with Gasteiger partial charge in [0, 0.05) is 3.57 Å². The maximum atomic E-state index is 14.7. The molecule has 1 saturated carbocycles. The van der Waals surface area contributed by atoms with Gasteiger partial charge in [-0.05, 0) is 82.7 Å². The van der Waals surface area contributed by atoms with Crippen molar-refractivity contribution in [2.45, 2.75) is 38.0 Å². The molecular weight excluding hydrogens is 507 g/mol. The molecule has 2 heterocycles. The largest absolute Gasteiger partial charge is 0.240 e. The third-order valence-electron chi connectivity index (χ3n) is 6.83. The first-order valence-electron chi connectivity index (χ1n) is 9.42. The summed E-state index contributed by atoms with van der Waals surface area (Å²) in [4.78, 5) is 4.62. The van der Waals surface area contributed by atoms with Gasteiger partial charge < -0.3 is 0 Å². The lowest BCUT2D eigenvalue weighted by Gasteiger charge is -2.37. The highest BCUT2D eigenvalue weighted by atomic mass is 127. The monoisotopic (exact) mass is 523 g/mol. The van der Waals surface area contributed by atoms with E-state index in [4.69, 9.17) is 11.6 Å². The van der Waals surface area contributed by atoms with Gasteiger partial charge in [-0.25, -0.2) is 13.8 Å². The number of aromatic nitrogens is 3.